The van der Waals surface area contributed by atoms with Crippen molar-refractivity contribution in [3.05, 3.63) is 6.33 Å². The average molecular weight is 278 g/mol. The fraction of sp³-hybridized carbons (Fsp3) is 0.636. The summed E-state index contributed by atoms with van der Waals surface area (Å²) in [6.45, 7) is 4.19. The van der Waals surface area contributed by atoms with E-state index in [1.165, 1.54) is 0 Å². The first-order valence-electron chi connectivity index (χ1n) is 5.83. The second kappa shape index (κ2) is 5.94. The minimum Gasteiger partial charge on any atom is -0.476 e. The molecule has 5 nitrogen and oxygen atoms in total. The molecule has 0 bridgehead atoms. The van der Waals surface area contributed by atoms with Crippen LogP contribution in [0.5, 0.6) is 5.88 Å². The van der Waals surface area contributed by atoms with E-state index in [-0.39, 0.29) is 17.4 Å². The maximum atomic E-state index is 12.6. The number of halogens is 3. The number of nitrogen functional groups attached to an aromatic ring is 1. The van der Waals surface area contributed by atoms with Crippen molar-refractivity contribution in [3.63, 3.8) is 0 Å². The van der Waals surface area contributed by atoms with Gasteiger partial charge in [0.15, 0.2) is 5.82 Å². The van der Waals surface area contributed by atoms with Crippen molar-refractivity contribution in [3.8, 4) is 5.88 Å². The van der Waals surface area contributed by atoms with E-state index in [2.05, 4.69) is 9.97 Å². The molecule has 0 saturated heterocycles. The van der Waals surface area contributed by atoms with Crippen LogP contribution in [0.1, 0.15) is 20.8 Å². The molecule has 1 aromatic heterocycles. The summed E-state index contributed by atoms with van der Waals surface area (Å²) in [5.41, 5.74) is 5.78. The number of alkyl halides is 3. The summed E-state index contributed by atoms with van der Waals surface area (Å²) in [4.78, 5) is 8.71. The van der Waals surface area contributed by atoms with Crippen LogP contribution in [-0.4, -0.2) is 35.3 Å². The van der Waals surface area contributed by atoms with Crippen LogP contribution >= 0.6 is 0 Å². The normalized spacial score (nSPS) is 11.7. The average Bonchev–Trinajstić information content (AvgIpc) is 2.28. The minimum absolute atomic E-state index is 0.0160. The Morgan fingerprint density at radius 2 is 2.00 bits per heavy atom. The number of nitrogens with zero attached hydrogens (tertiary/aromatic N) is 3. The maximum absolute atomic E-state index is 12.6. The van der Waals surface area contributed by atoms with Crippen molar-refractivity contribution in [2.45, 2.75) is 33.0 Å². The molecule has 1 rings (SSSR count). The quantitative estimate of drug-likeness (QED) is 0.894. The lowest BCUT2D eigenvalue weighted by atomic mass is 10.3. The van der Waals surface area contributed by atoms with Crippen LogP contribution in [0.2, 0.25) is 0 Å². The third-order valence-corrected chi connectivity index (χ3v) is 2.35. The third kappa shape index (κ3) is 4.15. The van der Waals surface area contributed by atoms with E-state index < -0.39 is 18.8 Å². The van der Waals surface area contributed by atoms with Gasteiger partial charge in [0.1, 0.15) is 18.6 Å². The molecule has 0 amide bonds. The molecule has 19 heavy (non-hydrogen) atoms. The molecule has 0 aliphatic heterocycles. The van der Waals surface area contributed by atoms with Crippen molar-refractivity contribution in [2.24, 2.45) is 0 Å². The second-order valence-electron chi connectivity index (χ2n) is 4.19. The van der Waals surface area contributed by atoms with Gasteiger partial charge >= 0.3 is 6.18 Å². The van der Waals surface area contributed by atoms with Crippen LogP contribution in [0, 0.1) is 0 Å². The summed E-state index contributed by atoms with van der Waals surface area (Å²) in [7, 11) is 0. The molecule has 0 aliphatic rings. The predicted molar refractivity (Wildman–Crippen MR) is 66.2 cm³/mol. The molecule has 0 spiro atoms. The van der Waals surface area contributed by atoms with E-state index >= 15 is 0 Å². The minimum atomic E-state index is -4.34. The fourth-order valence-electron chi connectivity index (χ4n) is 1.55. The Morgan fingerprint density at radius 3 is 2.47 bits per heavy atom. The Labute approximate surface area is 109 Å². The van der Waals surface area contributed by atoms with E-state index in [0.29, 0.717) is 6.61 Å². The highest BCUT2D eigenvalue weighted by Gasteiger charge is 2.33. The van der Waals surface area contributed by atoms with Gasteiger partial charge in [0.05, 0.1) is 6.61 Å². The molecule has 1 aromatic rings. The first-order valence-corrected chi connectivity index (χ1v) is 5.83. The largest absolute Gasteiger partial charge is 0.476 e. The van der Waals surface area contributed by atoms with Gasteiger partial charge in [-0.15, -0.1) is 0 Å². The maximum Gasteiger partial charge on any atom is 0.405 e. The van der Waals surface area contributed by atoms with Gasteiger partial charge in [0.2, 0.25) is 5.88 Å². The molecule has 0 atom stereocenters. The van der Waals surface area contributed by atoms with Crippen LogP contribution in [0.15, 0.2) is 6.33 Å². The second-order valence-corrected chi connectivity index (χ2v) is 4.19. The topological polar surface area (TPSA) is 64.3 Å². The molecule has 0 aromatic carbocycles. The number of nitrogens with two attached hydrogens (primary N) is 1. The van der Waals surface area contributed by atoms with Crippen LogP contribution in [0.3, 0.4) is 0 Å². The zero-order valence-electron chi connectivity index (χ0n) is 11.0. The number of ether oxygens (including phenoxy) is 1. The zero-order chi connectivity index (χ0) is 14.6. The monoisotopic (exact) mass is 278 g/mol. The van der Waals surface area contributed by atoms with E-state index in [9.17, 15) is 13.2 Å². The number of hydrogen-bond acceptors (Lipinski definition) is 5. The Kier molecular flexibility index (Phi) is 4.79. The fourth-order valence-corrected chi connectivity index (χ4v) is 1.55. The Bertz CT molecular complexity index is 423. The highest BCUT2D eigenvalue weighted by atomic mass is 19.4. The van der Waals surface area contributed by atoms with Gasteiger partial charge in [-0.3, -0.25) is 0 Å². The van der Waals surface area contributed by atoms with Gasteiger partial charge in [-0.05, 0) is 20.8 Å². The summed E-state index contributed by atoms with van der Waals surface area (Å²) in [6.07, 6.45) is -3.20. The molecule has 1 heterocycles. The summed E-state index contributed by atoms with van der Waals surface area (Å²) < 4.78 is 42.9. The van der Waals surface area contributed by atoms with Gasteiger partial charge in [-0.25, -0.2) is 4.98 Å². The van der Waals surface area contributed by atoms with Gasteiger partial charge in [0, 0.05) is 6.04 Å². The summed E-state index contributed by atoms with van der Waals surface area (Å²) in [6, 6.07) is -0.409. The highest BCUT2D eigenvalue weighted by Crippen LogP contribution is 2.31. The molecule has 108 valence electrons. The van der Waals surface area contributed by atoms with E-state index in [4.69, 9.17) is 10.5 Å². The van der Waals surface area contributed by atoms with Crippen LogP contribution in [0.25, 0.3) is 0 Å². The first-order chi connectivity index (χ1) is 8.76. The third-order valence-electron chi connectivity index (χ3n) is 2.35. The summed E-state index contributed by atoms with van der Waals surface area (Å²) >= 11 is 0. The number of rotatable bonds is 5. The summed E-state index contributed by atoms with van der Waals surface area (Å²) in [5.74, 6) is 0.131. The van der Waals surface area contributed by atoms with Crippen LogP contribution < -0.4 is 15.4 Å². The van der Waals surface area contributed by atoms with E-state index in [1.54, 1.807) is 20.8 Å². The molecule has 0 unspecified atom stereocenters. The first kappa shape index (κ1) is 15.3. The van der Waals surface area contributed by atoms with Crippen molar-refractivity contribution < 1.29 is 17.9 Å². The molecule has 0 aliphatic carbocycles. The molecular formula is C11H17F3N4O. The molecular weight excluding hydrogens is 261 g/mol. The number of aromatic nitrogens is 2. The SMILES string of the molecule is CCOc1ncnc(N(CC(F)(F)F)C(C)C)c1N. The molecule has 0 radical (unpaired) electrons. The lowest BCUT2D eigenvalue weighted by Crippen LogP contribution is -2.40. The Balaban J connectivity index is 3.12. The molecule has 2 N–H and O–H groups in total. The van der Waals surface area contributed by atoms with E-state index in [1.807, 2.05) is 0 Å². The van der Waals surface area contributed by atoms with Gasteiger partial charge in [-0.2, -0.15) is 18.2 Å². The number of hydrogen-bond donors (Lipinski definition) is 1. The Morgan fingerprint density at radius 1 is 1.37 bits per heavy atom. The predicted octanol–water partition coefficient (Wildman–Crippen LogP) is 2.23. The van der Waals surface area contributed by atoms with Gasteiger partial charge in [0.25, 0.3) is 0 Å². The lowest BCUT2D eigenvalue weighted by Gasteiger charge is -2.29. The molecule has 0 fully saturated rings. The highest BCUT2D eigenvalue weighted by molar-refractivity contribution is 5.68. The van der Waals surface area contributed by atoms with Crippen LogP contribution in [0.4, 0.5) is 24.7 Å². The van der Waals surface area contributed by atoms with Crippen LogP contribution in [-0.2, 0) is 0 Å². The zero-order valence-corrected chi connectivity index (χ0v) is 11.0. The standard InChI is InChI=1S/C11H17F3N4O/c1-4-19-10-8(15)9(16-6-17-10)18(7(2)3)5-11(12,13)14/h6-7H,4-5,15H2,1-3H3. The van der Waals surface area contributed by atoms with Crippen molar-refractivity contribution >= 4 is 11.5 Å². The molecule has 0 saturated carbocycles. The van der Waals surface area contributed by atoms with E-state index in [0.717, 1.165) is 11.2 Å². The smallest absolute Gasteiger partial charge is 0.405 e. The Hall–Kier alpha value is -1.73. The molecule has 8 heteroatoms. The van der Waals surface area contributed by atoms with Crippen molar-refractivity contribution in [2.75, 3.05) is 23.8 Å². The van der Waals surface area contributed by atoms with Crippen molar-refractivity contribution in [1.29, 1.82) is 0 Å². The summed E-state index contributed by atoms with van der Waals surface area (Å²) in [5, 5.41) is 0. The lowest BCUT2D eigenvalue weighted by molar-refractivity contribution is -0.120. The van der Waals surface area contributed by atoms with Crippen molar-refractivity contribution in [1.82, 2.24) is 9.97 Å². The number of anilines is 2. The van der Waals surface area contributed by atoms with Gasteiger partial charge < -0.3 is 15.4 Å². The van der Waals surface area contributed by atoms with Gasteiger partial charge in [-0.1, -0.05) is 0 Å².